The van der Waals surface area contributed by atoms with E-state index in [2.05, 4.69) is 39.6 Å². The first-order valence-electron chi connectivity index (χ1n) is 6.63. The van der Waals surface area contributed by atoms with Crippen molar-refractivity contribution in [3.63, 3.8) is 0 Å². The Morgan fingerprint density at radius 2 is 2.05 bits per heavy atom. The third-order valence-corrected chi connectivity index (χ3v) is 5.53. The largest absolute Gasteiger partial charge is 0.480 e. The molecule has 3 nitrogen and oxygen atoms in total. The molecule has 0 amide bonds. The summed E-state index contributed by atoms with van der Waals surface area (Å²) in [5.74, 6) is -0.736. The number of alkyl halides is 1. The second kappa shape index (κ2) is 6.22. The molecule has 1 aromatic carbocycles. The smallest absolute Gasteiger partial charge is 0.320 e. The predicted molar refractivity (Wildman–Crippen MR) is 84.5 cm³/mol. The van der Waals surface area contributed by atoms with E-state index in [1.807, 2.05) is 18.2 Å². The van der Waals surface area contributed by atoms with Crippen LogP contribution in [0.15, 0.2) is 30.3 Å². The molecule has 1 unspecified atom stereocenters. The Morgan fingerprint density at radius 3 is 2.53 bits per heavy atom. The van der Waals surface area contributed by atoms with Gasteiger partial charge in [-0.2, -0.15) is 0 Å². The van der Waals surface area contributed by atoms with E-state index in [-0.39, 0.29) is 0 Å². The third kappa shape index (κ3) is 3.92. The van der Waals surface area contributed by atoms with Gasteiger partial charge in [-0.25, -0.2) is 0 Å². The minimum absolute atomic E-state index is 0.360. The molecule has 0 aromatic heterocycles. The summed E-state index contributed by atoms with van der Waals surface area (Å²) in [7, 11) is 0. The van der Waals surface area contributed by atoms with Crippen molar-refractivity contribution in [2.24, 2.45) is 5.41 Å². The number of hydrogen-bond acceptors (Lipinski definition) is 2. The van der Waals surface area contributed by atoms with Crippen LogP contribution in [0.5, 0.6) is 0 Å². The van der Waals surface area contributed by atoms with E-state index in [4.69, 9.17) is 0 Å². The Labute approximate surface area is 128 Å². The molecule has 0 heterocycles. The second-order valence-corrected chi connectivity index (χ2v) is 6.30. The number of rotatable bonds is 7. The Bertz CT molecular complexity index is 431. The molecule has 4 heteroatoms. The van der Waals surface area contributed by atoms with Crippen molar-refractivity contribution in [2.45, 2.75) is 32.4 Å². The number of carbonyl (C=O) groups is 1. The summed E-state index contributed by atoms with van der Waals surface area (Å²) < 4.78 is 1.11. The van der Waals surface area contributed by atoms with Gasteiger partial charge in [0.15, 0.2) is 0 Å². The van der Waals surface area contributed by atoms with Crippen molar-refractivity contribution in [3.8, 4) is 0 Å². The van der Waals surface area contributed by atoms with Crippen LogP contribution in [0, 0.1) is 5.41 Å². The van der Waals surface area contributed by atoms with Crippen LogP contribution in [-0.2, 0) is 11.3 Å². The van der Waals surface area contributed by atoms with E-state index in [9.17, 15) is 9.90 Å². The lowest BCUT2D eigenvalue weighted by molar-refractivity contribution is -0.143. The number of hydrogen-bond donors (Lipinski definition) is 1. The average Bonchev–Trinajstić information content (AvgIpc) is 3.18. The molecule has 1 saturated carbocycles. The Kier molecular flexibility index (Phi) is 4.84. The van der Waals surface area contributed by atoms with Gasteiger partial charge in [-0.15, -0.1) is 0 Å². The van der Waals surface area contributed by atoms with Crippen molar-refractivity contribution < 1.29 is 9.90 Å². The fraction of sp³-hybridized carbons (Fsp3) is 0.533. The normalized spacial score (nSPS) is 18.3. The molecule has 0 radical (unpaired) electrons. The van der Waals surface area contributed by atoms with Crippen LogP contribution in [0.3, 0.4) is 0 Å². The lowest BCUT2D eigenvalue weighted by atomic mass is 10.1. The van der Waals surface area contributed by atoms with Gasteiger partial charge >= 0.3 is 5.97 Å². The summed E-state index contributed by atoms with van der Waals surface area (Å²) in [6.45, 7) is 3.39. The van der Waals surface area contributed by atoms with E-state index in [1.54, 1.807) is 6.92 Å². The fourth-order valence-electron chi connectivity index (χ4n) is 2.25. The van der Waals surface area contributed by atoms with E-state index in [0.29, 0.717) is 12.0 Å². The maximum atomic E-state index is 11.3. The summed E-state index contributed by atoms with van der Waals surface area (Å²) in [5, 5.41) is 9.28. The van der Waals surface area contributed by atoms with Gasteiger partial charge in [0.25, 0.3) is 0 Å². The van der Waals surface area contributed by atoms with Crippen LogP contribution in [0.1, 0.15) is 25.3 Å². The SMILES string of the molecule is CC(C(=O)O)N(Cc1ccccc1)CC1(CI)CC1. The first kappa shape index (κ1) is 14.8. The summed E-state index contributed by atoms with van der Waals surface area (Å²) in [5.41, 5.74) is 1.54. The molecular weight excluding hydrogens is 353 g/mol. The number of carboxylic acid groups (broad SMARTS) is 1. The molecule has 1 fully saturated rings. The van der Waals surface area contributed by atoms with Gasteiger partial charge in [0.05, 0.1) is 0 Å². The highest BCUT2D eigenvalue weighted by atomic mass is 127. The van der Waals surface area contributed by atoms with Crippen molar-refractivity contribution >= 4 is 28.6 Å². The summed E-state index contributed by atoms with van der Waals surface area (Å²) in [6.07, 6.45) is 2.46. The molecule has 19 heavy (non-hydrogen) atoms. The molecule has 0 saturated heterocycles. The van der Waals surface area contributed by atoms with Gasteiger partial charge in [-0.05, 0) is 30.7 Å². The minimum Gasteiger partial charge on any atom is -0.480 e. The molecule has 0 bridgehead atoms. The van der Waals surface area contributed by atoms with Gasteiger partial charge in [0.1, 0.15) is 6.04 Å². The maximum absolute atomic E-state index is 11.3. The molecular formula is C15H20INO2. The van der Waals surface area contributed by atoms with Crippen LogP contribution in [-0.4, -0.2) is 33.0 Å². The van der Waals surface area contributed by atoms with E-state index in [1.165, 1.54) is 18.4 Å². The quantitative estimate of drug-likeness (QED) is 0.590. The first-order valence-corrected chi connectivity index (χ1v) is 8.16. The highest BCUT2D eigenvalue weighted by molar-refractivity contribution is 14.1. The van der Waals surface area contributed by atoms with Gasteiger partial charge in [0.2, 0.25) is 0 Å². The molecule has 1 aromatic rings. The first-order chi connectivity index (χ1) is 9.06. The Balaban J connectivity index is 2.08. The monoisotopic (exact) mass is 373 g/mol. The molecule has 1 aliphatic carbocycles. The van der Waals surface area contributed by atoms with Crippen LogP contribution in [0.2, 0.25) is 0 Å². The lowest BCUT2D eigenvalue weighted by Gasteiger charge is -2.30. The zero-order chi connectivity index (χ0) is 13.9. The number of carboxylic acids is 1. The van der Waals surface area contributed by atoms with Crippen molar-refractivity contribution in [1.82, 2.24) is 4.90 Å². The van der Waals surface area contributed by atoms with Gasteiger partial charge in [-0.3, -0.25) is 9.69 Å². The summed E-state index contributed by atoms with van der Waals surface area (Å²) >= 11 is 2.42. The molecule has 0 aliphatic heterocycles. The lowest BCUT2D eigenvalue weighted by Crippen LogP contribution is -2.42. The number of nitrogens with zero attached hydrogens (tertiary/aromatic N) is 1. The van der Waals surface area contributed by atoms with Crippen LogP contribution < -0.4 is 0 Å². The number of aliphatic carboxylic acids is 1. The van der Waals surface area contributed by atoms with E-state index >= 15 is 0 Å². The zero-order valence-electron chi connectivity index (χ0n) is 11.2. The molecule has 1 N–H and O–H groups in total. The van der Waals surface area contributed by atoms with Crippen LogP contribution >= 0.6 is 22.6 Å². The van der Waals surface area contributed by atoms with Crippen LogP contribution in [0.4, 0.5) is 0 Å². The van der Waals surface area contributed by atoms with Gasteiger partial charge < -0.3 is 5.11 Å². The average molecular weight is 373 g/mol. The molecule has 1 aliphatic rings. The topological polar surface area (TPSA) is 40.5 Å². The second-order valence-electron chi connectivity index (χ2n) is 5.54. The van der Waals surface area contributed by atoms with E-state index in [0.717, 1.165) is 11.0 Å². The summed E-state index contributed by atoms with van der Waals surface area (Å²) in [4.78, 5) is 13.4. The molecule has 0 spiro atoms. The zero-order valence-corrected chi connectivity index (χ0v) is 13.3. The highest BCUT2D eigenvalue weighted by Crippen LogP contribution is 2.48. The molecule has 104 valence electrons. The summed E-state index contributed by atoms with van der Waals surface area (Å²) in [6, 6.07) is 9.69. The van der Waals surface area contributed by atoms with Crippen molar-refractivity contribution in [3.05, 3.63) is 35.9 Å². The third-order valence-electron chi connectivity index (χ3n) is 3.91. The Hall–Kier alpha value is -0.620. The standard InChI is InChI=1S/C15H20INO2/c1-12(14(18)19)17(11-15(10-16)7-8-15)9-13-5-3-2-4-6-13/h2-6,12H,7-11H2,1H3,(H,18,19). The molecule has 2 rings (SSSR count). The highest BCUT2D eigenvalue weighted by Gasteiger charge is 2.43. The van der Waals surface area contributed by atoms with Gasteiger partial charge in [0, 0.05) is 17.5 Å². The molecule has 1 atom stereocenters. The number of halogens is 1. The van der Waals surface area contributed by atoms with Crippen molar-refractivity contribution in [1.29, 1.82) is 0 Å². The Morgan fingerprint density at radius 1 is 1.42 bits per heavy atom. The fourth-order valence-corrected chi connectivity index (χ4v) is 3.25. The predicted octanol–water partition coefficient (Wildman–Crippen LogP) is 3.18. The number of benzene rings is 1. The van der Waals surface area contributed by atoms with E-state index < -0.39 is 12.0 Å². The maximum Gasteiger partial charge on any atom is 0.320 e. The minimum atomic E-state index is -0.736. The van der Waals surface area contributed by atoms with Crippen LogP contribution in [0.25, 0.3) is 0 Å². The van der Waals surface area contributed by atoms with Crippen molar-refractivity contribution in [2.75, 3.05) is 11.0 Å². The van der Waals surface area contributed by atoms with Gasteiger partial charge in [-0.1, -0.05) is 52.9 Å².